The molecule has 3 N–H and O–H groups in total. The molecular formula is C32H32N4O3. The number of hydrogen-bond acceptors (Lipinski definition) is 3. The number of aromatic amines is 1. The van der Waals surface area contributed by atoms with Crippen LogP contribution in [0.15, 0.2) is 78.9 Å². The Morgan fingerprint density at radius 3 is 2.51 bits per heavy atom. The lowest BCUT2D eigenvalue weighted by Gasteiger charge is -2.38. The lowest BCUT2D eigenvalue weighted by Crippen LogP contribution is -2.58. The van der Waals surface area contributed by atoms with E-state index in [9.17, 15) is 14.4 Å². The number of carbonyl (C=O) groups excluding carboxylic acids is 3. The number of aromatic nitrogens is 1. The summed E-state index contributed by atoms with van der Waals surface area (Å²) in [6.07, 6.45) is 1.10. The van der Waals surface area contributed by atoms with Gasteiger partial charge in [0.1, 0.15) is 12.1 Å². The summed E-state index contributed by atoms with van der Waals surface area (Å²) in [6, 6.07) is 23.5. The first-order chi connectivity index (χ1) is 19.0. The summed E-state index contributed by atoms with van der Waals surface area (Å²) in [5.74, 6) is -0.775. The average Bonchev–Trinajstić information content (AvgIpc) is 3.49. The summed E-state index contributed by atoms with van der Waals surface area (Å²) in [5.41, 5.74) is 5.49. The number of para-hydroxylation sites is 1. The van der Waals surface area contributed by atoms with E-state index in [1.54, 1.807) is 4.90 Å². The number of hydrogen-bond donors (Lipinski definition) is 3. The van der Waals surface area contributed by atoms with Crippen molar-refractivity contribution in [1.82, 2.24) is 20.5 Å². The normalized spacial score (nSPS) is 19.1. The van der Waals surface area contributed by atoms with Crippen LogP contribution in [0.2, 0.25) is 0 Å². The van der Waals surface area contributed by atoms with Crippen molar-refractivity contribution in [2.24, 2.45) is 5.92 Å². The van der Waals surface area contributed by atoms with E-state index in [4.69, 9.17) is 0 Å². The number of rotatable bonds is 7. The molecule has 1 aromatic heterocycles. The van der Waals surface area contributed by atoms with Gasteiger partial charge in [0, 0.05) is 35.1 Å². The van der Waals surface area contributed by atoms with Crippen molar-refractivity contribution in [3.05, 3.63) is 107 Å². The Labute approximate surface area is 227 Å². The Morgan fingerprint density at radius 2 is 1.72 bits per heavy atom. The van der Waals surface area contributed by atoms with Crippen LogP contribution in [0.25, 0.3) is 10.9 Å². The number of benzene rings is 3. The molecule has 0 spiro atoms. The van der Waals surface area contributed by atoms with E-state index in [2.05, 4.69) is 21.7 Å². The molecule has 0 saturated heterocycles. The third kappa shape index (κ3) is 4.28. The van der Waals surface area contributed by atoms with Gasteiger partial charge >= 0.3 is 0 Å². The van der Waals surface area contributed by atoms with Gasteiger partial charge in [-0.05, 0) is 34.7 Å². The van der Waals surface area contributed by atoms with Gasteiger partial charge in [-0.25, -0.2) is 0 Å². The zero-order valence-corrected chi connectivity index (χ0v) is 22.1. The maximum Gasteiger partial charge on any atom is 0.255 e. The minimum atomic E-state index is -0.741. The van der Waals surface area contributed by atoms with Crippen molar-refractivity contribution in [1.29, 1.82) is 0 Å². The van der Waals surface area contributed by atoms with Gasteiger partial charge in [0.15, 0.2) is 0 Å². The van der Waals surface area contributed by atoms with E-state index >= 15 is 0 Å². The van der Waals surface area contributed by atoms with Crippen LogP contribution in [0.3, 0.4) is 0 Å². The van der Waals surface area contributed by atoms with Gasteiger partial charge in [0.05, 0.1) is 6.04 Å². The SMILES string of the molecule is CC[C@@H](C)[C@H](NC(=O)[C@@H]1Cc2c([nH]c3ccccc23)[C@@H]2c3ccccc3C(=O)N21)C(=O)NCc1ccccc1. The molecule has 0 unspecified atom stereocenters. The highest BCUT2D eigenvalue weighted by atomic mass is 16.2. The molecule has 2 aliphatic heterocycles. The second-order valence-corrected chi connectivity index (χ2v) is 10.6. The smallest absolute Gasteiger partial charge is 0.255 e. The largest absolute Gasteiger partial charge is 0.356 e. The quantitative estimate of drug-likeness (QED) is 0.335. The van der Waals surface area contributed by atoms with Crippen molar-refractivity contribution < 1.29 is 14.4 Å². The van der Waals surface area contributed by atoms with Gasteiger partial charge < -0.3 is 20.5 Å². The van der Waals surface area contributed by atoms with Crippen LogP contribution in [0.5, 0.6) is 0 Å². The molecule has 7 heteroatoms. The van der Waals surface area contributed by atoms with E-state index in [1.807, 2.05) is 86.6 Å². The lowest BCUT2D eigenvalue weighted by atomic mass is 9.89. The molecule has 6 rings (SSSR count). The van der Waals surface area contributed by atoms with Crippen LogP contribution in [0, 0.1) is 5.92 Å². The molecule has 0 aliphatic carbocycles. The van der Waals surface area contributed by atoms with Crippen molar-refractivity contribution in [2.45, 2.75) is 51.4 Å². The number of nitrogens with one attached hydrogen (secondary N) is 3. The zero-order valence-electron chi connectivity index (χ0n) is 22.1. The highest BCUT2D eigenvalue weighted by molar-refractivity contribution is 6.04. The predicted octanol–water partition coefficient (Wildman–Crippen LogP) is 4.49. The molecule has 39 heavy (non-hydrogen) atoms. The Kier molecular flexibility index (Phi) is 6.43. The first kappa shape index (κ1) is 24.9. The molecule has 4 aromatic rings. The third-order valence-electron chi connectivity index (χ3n) is 8.26. The van der Waals surface area contributed by atoms with Crippen LogP contribution >= 0.6 is 0 Å². The minimum Gasteiger partial charge on any atom is -0.356 e. The van der Waals surface area contributed by atoms with Crippen molar-refractivity contribution in [3.8, 4) is 0 Å². The predicted molar refractivity (Wildman–Crippen MR) is 150 cm³/mol. The molecular weight excluding hydrogens is 488 g/mol. The van der Waals surface area contributed by atoms with Crippen LogP contribution in [-0.4, -0.2) is 39.7 Å². The van der Waals surface area contributed by atoms with Crippen LogP contribution in [0.1, 0.15) is 59.1 Å². The van der Waals surface area contributed by atoms with Gasteiger partial charge in [0.25, 0.3) is 5.91 Å². The van der Waals surface area contributed by atoms with E-state index in [0.717, 1.165) is 39.7 Å². The van der Waals surface area contributed by atoms with Crippen LogP contribution < -0.4 is 10.6 Å². The highest BCUT2D eigenvalue weighted by Crippen LogP contribution is 2.46. The molecule has 3 heterocycles. The minimum absolute atomic E-state index is 0.0840. The summed E-state index contributed by atoms with van der Waals surface area (Å²) in [5, 5.41) is 7.09. The Bertz CT molecular complexity index is 1560. The molecule has 3 aromatic carbocycles. The molecule has 3 amide bonds. The van der Waals surface area contributed by atoms with Crippen molar-refractivity contribution in [2.75, 3.05) is 0 Å². The molecule has 2 aliphatic rings. The summed E-state index contributed by atoms with van der Waals surface area (Å²) >= 11 is 0. The van der Waals surface area contributed by atoms with Crippen molar-refractivity contribution in [3.63, 3.8) is 0 Å². The molecule has 4 atom stereocenters. The Hall–Kier alpha value is -4.39. The van der Waals surface area contributed by atoms with E-state index in [1.165, 1.54) is 0 Å². The standard InChI is InChI=1S/C32H32N4O3/c1-3-19(2)27(31(38)33-18-20-11-5-4-6-12-20)35-30(37)26-17-24-21-13-9-10-16-25(21)34-28(24)29-22-14-7-8-15-23(22)32(39)36(26)29/h4-16,19,26-27,29,34H,3,17-18H2,1-2H3,(H,33,38)(H,35,37)/t19-,26+,27+,29+/m1/s1. The fourth-order valence-electron chi connectivity index (χ4n) is 5.98. The van der Waals surface area contributed by atoms with E-state index in [0.29, 0.717) is 18.5 Å². The topological polar surface area (TPSA) is 94.3 Å². The van der Waals surface area contributed by atoms with Crippen LogP contribution in [0.4, 0.5) is 0 Å². The van der Waals surface area contributed by atoms with Crippen LogP contribution in [-0.2, 0) is 22.6 Å². The molecule has 7 nitrogen and oxygen atoms in total. The number of fused-ring (bicyclic) bond motifs is 7. The Balaban J connectivity index is 1.32. The monoisotopic (exact) mass is 520 g/mol. The Morgan fingerprint density at radius 1 is 1.00 bits per heavy atom. The van der Waals surface area contributed by atoms with Gasteiger partial charge in [-0.2, -0.15) is 0 Å². The van der Waals surface area contributed by atoms with E-state index in [-0.39, 0.29) is 29.7 Å². The molecule has 0 saturated carbocycles. The zero-order chi connectivity index (χ0) is 27.1. The molecule has 0 fully saturated rings. The summed E-state index contributed by atoms with van der Waals surface area (Å²) in [4.78, 5) is 46.3. The number of carbonyl (C=O) groups is 3. The second-order valence-electron chi connectivity index (χ2n) is 10.6. The lowest BCUT2D eigenvalue weighted by molar-refractivity contribution is -0.133. The van der Waals surface area contributed by atoms with Gasteiger partial charge in [-0.3, -0.25) is 14.4 Å². The summed E-state index contributed by atoms with van der Waals surface area (Å²) < 4.78 is 0. The highest BCUT2D eigenvalue weighted by Gasteiger charge is 2.49. The number of amides is 3. The maximum atomic E-state index is 14.0. The first-order valence-corrected chi connectivity index (χ1v) is 13.6. The number of nitrogens with zero attached hydrogens (tertiary/aromatic N) is 1. The summed E-state index contributed by atoms with van der Waals surface area (Å²) in [7, 11) is 0. The van der Waals surface area contributed by atoms with Gasteiger partial charge in [-0.15, -0.1) is 0 Å². The van der Waals surface area contributed by atoms with Gasteiger partial charge in [0.2, 0.25) is 11.8 Å². The maximum absolute atomic E-state index is 14.0. The molecule has 0 bridgehead atoms. The average molecular weight is 521 g/mol. The molecule has 0 radical (unpaired) electrons. The fraction of sp³-hybridized carbons (Fsp3) is 0.281. The second kappa shape index (κ2) is 10.1. The summed E-state index contributed by atoms with van der Waals surface area (Å²) in [6.45, 7) is 4.35. The van der Waals surface area contributed by atoms with Crippen molar-refractivity contribution >= 4 is 28.6 Å². The third-order valence-corrected chi connectivity index (χ3v) is 8.26. The van der Waals surface area contributed by atoms with E-state index < -0.39 is 12.1 Å². The first-order valence-electron chi connectivity index (χ1n) is 13.6. The molecule has 198 valence electrons. The number of H-pyrrole nitrogens is 1. The van der Waals surface area contributed by atoms with Gasteiger partial charge in [-0.1, -0.05) is 87.0 Å². The fourth-order valence-corrected chi connectivity index (χ4v) is 5.98.